The van der Waals surface area contributed by atoms with Crippen molar-refractivity contribution in [2.24, 2.45) is 5.92 Å². The van der Waals surface area contributed by atoms with Crippen molar-refractivity contribution >= 4 is 0 Å². The van der Waals surface area contributed by atoms with E-state index in [9.17, 15) is 14.7 Å². The molecule has 7 nitrogen and oxygen atoms in total. The molecule has 1 fully saturated rings. The van der Waals surface area contributed by atoms with Gasteiger partial charge in [-0.05, 0) is 6.92 Å². The largest absolute Gasteiger partial charge is 0.396 e. The Kier molecular flexibility index (Phi) is 3.65. The van der Waals surface area contributed by atoms with Crippen LogP contribution in [0.1, 0.15) is 18.2 Å². The van der Waals surface area contributed by atoms with E-state index in [2.05, 4.69) is 4.98 Å². The molecule has 1 aliphatic rings. The van der Waals surface area contributed by atoms with Crippen molar-refractivity contribution in [2.75, 3.05) is 13.2 Å². The lowest BCUT2D eigenvalue weighted by Gasteiger charge is -2.33. The minimum atomic E-state index is -0.731. The lowest BCUT2D eigenvalue weighted by molar-refractivity contribution is -0.128. The van der Waals surface area contributed by atoms with Crippen LogP contribution >= 0.6 is 0 Å². The van der Waals surface area contributed by atoms with Gasteiger partial charge in [-0.3, -0.25) is 14.3 Å². The third kappa shape index (κ3) is 2.38. The highest BCUT2D eigenvalue weighted by Gasteiger charge is 2.30. The van der Waals surface area contributed by atoms with Gasteiger partial charge in [0.05, 0.1) is 12.7 Å². The summed E-state index contributed by atoms with van der Waals surface area (Å²) in [7, 11) is 0. The van der Waals surface area contributed by atoms with Gasteiger partial charge >= 0.3 is 5.69 Å². The molecule has 1 aromatic rings. The van der Waals surface area contributed by atoms with Crippen LogP contribution in [0.2, 0.25) is 0 Å². The predicted molar refractivity (Wildman–Crippen MR) is 62.2 cm³/mol. The summed E-state index contributed by atoms with van der Waals surface area (Å²) in [5.74, 6) is -0.331. The Morgan fingerprint density at radius 2 is 2.28 bits per heavy atom. The van der Waals surface area contributed by atoms with E-state index in [4.69, 9.17) is 9.84 Å². The molecule has 18 heavy (non-hydrogen) atoms. The molecular formula is C11H16N2O5. The summed E-state index contributed by atoms with van der Waals surface area (Å²) >= 11 is 0. The Morgan fingerprint density at radius 3 is 2.94 bits per heavy atom. The Balaban J connectivity index is 2.30. The summed E-state index contributed by atoms with van der Waals surface area (Å²) in [6, 6.07) is 0. The highest BCUT2D eigenvalue weighted by atomic mass is 16.5. The molecule has 0 saturated carbocycles. The van der Waals surface area contributed by atoms with Crippen LogP contribution in [0, 0.1) is 12.8 Å². The van der Waals surface area contributed by atoms with E-state index in [1.165, 1.54) is 10.8 Å². The van der Waals surface area contributed by atoms with E-state index >= 15 is 0 Å². The molecule has 0 spiro atoms. The molecule has 1 aliphatic heterocycles. The van der Waals surface area contributed by atoms with Crippen molar-refractivity contribution in [3.63, 3.8) is 0 Å². The molecular weight excluding hydrogens is 240 g/mol. The van der Waals surface area contributed by atoms with Gasteiger partial charge < -0.3 is 14.9 Å². The number of rotatable bonds is 2. The second-order valence-corrected chi connectivity index (χ2v) is 4.51. The number of hydrogen-bond donors (Lipinski definition) is 3. The molecule has 7 heteroatoms. The Morgan fingerprint density at radius 1 is 1.56 bits per heavy atom. The van der Waals surface area contributed by atoms with Gasteiger partial charge in [0, 0.05) is 30.7 Å². The first-order valence-electron chi connectivity index (χ1n) is 5.75. The van der Waals surface area contributed by atoms with Crippen LogP contribution in [-0.2, 0) is 4.74 Å². The molecule has 3 N–H and O–H groups in total. The van der Waals surface area contributed by atoms with E-state index in [1.54, 1.807) is 6.92 Å². The quantitative estimate of drug-likeness (QED) is 0.612. The van der Waals surface area contributed by atoms with Gasteiger partial charge in [0.1, 0.15) is 6.23 Å². The lowest BCUT2D eigenvalue weighted by Crippen LogP contribution is -2.42. The number of ether oxygens (including phenoxy) is 1. The zero-order valence-corrected chi connectivity index (χ0v) is 10.00. The smallest absolute Gasteiger partial charge is 0.330 e. The average molecular weight is 256 g/mol. The van der Waals surface area contributed by atoms with Crippen LogP contribution in [0.3, 0.4) is 0 Å². The molecule has 2 rings (SSSR count). The van der Waals surface area contributed by atoms with E-state index in [0.29, 0.717) is 12.0 Å². The van der Waals surface area contributed by atoms with Crippen LogP contribution < -0.4 is 11.2 Å². The van der Waals surface area contributed by atoms with Gasteiger partial charge in [-0.1, -0.05) is 0 Å². The maximum Gasteiger partial charge on any atom is 0.330 e. The Hall–Kier alpha value is -1.44. The second kappa shape index (κ2) is 5.05. The summed E-state index contributed by atoms with van der Waals surface area (Å²) in [4.78, 5) is 25.1. The van der Waals surface area contributed by atoms with Crippen LogP contribution in [0.4, 0.5) is 0 Å². The van der Waals surface area contributed by atoms with Crippen molar-refractivity contribution in [3.8, 4) is 0 Å². The number of aromatic amines is 1. The number of H-pyrrole nitrogens is 1. The van der Waals surface area contributed by atoms with E-state index in [0.717, 1.165) is 0 Å². The first-order chi connectivity index (χ1) is 8.52. The summed E-state index contributed by atoms with van der Waals surface area (Å²) in [6.07, 6.45) is 0.445. The lowest BCUT2D eigenvalue weighted by atomic mass is 9.96. The number of aromatic nitrogens is 2. The maximum atomic E-state index is 11.7. The zero-order valence-electron chi connectivity index (χ0n) is 10.00. The zero-order chi connectivity index (χ0) is 13.3. The van der Waals surface area contributed by atoms with Crippen molar-refractivity contribution in [2.45, 2.75) is 25.7 Å². The first kappa shape index (κ1) is 13.0. The average Bonchev–Trinajstić information content (AvgIpc) is 2.35. The van der Waals surface area contributed by atoms with Gasteiger partial charge in [0.15, 0.2) is 0 Å². The SMILES string of the molecule is Cc1cn([C@H]2C[C@H](CO)[C@@H](O)CO2)c(=O)[nH]c1=O. The summed E-state index contributed by atoms with van der Waals surface area (Å²) in [6.45, 7) is 1.48. The number of aryl methyl sites for hydroxylation is 1. The van der Waals surface area contributed by atoms with Gasteiger partial charge in [0.25, 0.3) is 5.56 Å². The van der Waals surface area contributed by atoms with Gasteiger partial charge in [0.2, 0.25) is 0 Å². The molecule has 3 atom stereocenters. The number of aliphatic hydroxyl groups excluding tert-OH is 2. The van der Waals surface area contributed by atoms with E-state index in [1.807, 2.05) is 0 Å². The Bertz CT molecular complexity index is 535. The van der Waals surface area contributed by atoms with Crippen LogP contribution in [0.25, 0.3) is 0 Å². The number of aliphatic hydroxyl groups is 2. The van der Waals surface area contributed by atoms with E-state index < -0.39 is 23.6 Å². The maximum absolute atomic E-state index is 11.7. The van der Waals surface area contributed by atoms with Gasteiger partial charge in [-0.2, -0.15) is 0 Å². The Labute approximate surface area is 103 Å². The van der Waals surface area contributed by atoms with Crippen molar-refractivity contribution in [1.29, 1.82) is 0 Å². The fraction of sp³-hybridized carbons (Fsp3) is 0.636. The third-order valence-electron chi connectivity index (χ3n) is 3.20. The van der Waals surface area contributed by atoms with Crippen molar-refractivity contribution in [1.82, 2.24) is 9.55 Å². The minimum absolute atomic E-state index is 0.0561. The predicted octanol–water partition coefficient (Wildman–Crippen LogP) is -1.27. The number of nitrogens with zero attached hydrogens (tertiary/aromatic N) is 1. The van der Waals surface area contributed by atoms with Gasteiger partial charge in [-0.15, -0.1) is 0 Å². The molecule has 2 heterocycles. The van der Waals surface area contributed by atoms with Crippen LogP contribution in [0.15, 0.2) is 15.8 Å². The number of hydrogen-bond acceptors (Lipinski definition) is 5. The highest BCUT2D eigenvalue weighted by Crippen LogP contribution is 2.26. The summed E-state index contributed by atoms with van der Waals surface area (Å²) < 4.78 is 6.65. The van der Waals surface area contributed by atoms with Crippen LogP contribution in [-0.4, -0.2) is 39.1 Å². The molecule has 0 radical (unpaired) electrons. The van der Waals surface area contributed by atoms with Crippen LogP contribution in [0.5, 0.6) is 0 Å². The van der Waals surface area contributed by atoms with Crippen molar-refractivity contribution in [3.05, 3.63) is 32.6 Å². The molecule has 0 amide bonds. The molecule has 0 bridgehead atoms. The fourth-order valence-electron chi connectivity index (χ4n) is 2.02. The molecule has 0 unspecified atom stereocenters. The topological polar surface area (TPSA) is 105 Å². The second-order valence-electron chi connectivity index (χ2n) is 4.51. The van der Waals surface area contributed by atoms with Crippen molar-refractivity contribution < 1.29 is 14.9 Å². The summed E-state index contributed by atoms with van der Waals surface area (Å²) in [5.41, 5.74) is -0.570. The molecule has 1 saturated heterocycles. The van der Waals surface area contributed by atoms with Gasteiger partial charge in [-0.25, -0.2) is 4.79 Å². The van der Waals surface area contributed by atoms with E-state index in [-0.39, 0.29) is 19.1 Å². The third-order valence-corrected chi connectivity index (χ3v) is 3.20. The highest BCUT2D eigenvalue weighted by molar-refractivity contribution is 5.01. The standard InChI is InChI=1S/C11H16N2O5/c1-6-3-13(11(17)12-10(6)16)9-2-7(4-14)8(15)5-18-9/h3,7-9,14-15H,2,4-5H2,1H3,(H,12,16,17)/t7-,8+,9-/m1/s1. The molecule has 1 aromatic heterocycles. The first-order valence-corrected chi connectivity index (χ1v) is 5.75. The fourth-order valence-corrected chi connectivity index (χ4v) is 2.02. The molecule has 100 valence electrons. The monoisotopic (exact) mass is 256 g/mol. The minimum Gasteiger partial charge on any atom is -0.396 e. The summed E-state index contributed by atoms with van der Waals surface area (Å²) in [5, 5.41) is 18.7. The molecule has 0 aliphatic carbocycles. The molecule has 0 aromatic carbocycles. The number of nitrogens with one attached hydrogen (secondary N) is 1. The normalized spacial score (nSPS) is 28.3.